The van der Waals surface area contributed by atoms with Crippen molar-refractivity contribution in [3.05, 3.63) is 0 Å². The van der Waals surface area contributed by atoms with Gasteiger partial charge in [0.05, 0.1) is 0 Å². The lowest BCUT2D eigenvalue weighted by atomic mass is 10.2. The fraction of sp³-hybridized carbons (Fsp3) is 0.500. The van der Waals surface area contributed by atoms with Crippen molar-refractivity contribution in [3.63, 3.8) is 0 Å². The van der Waals surface area contributed by atoms with E-state index in [1.165, 1.54) is 0 Å². The number of quaternary nitrogens is 2. The van der Waals surface area contributed by atoms with E-state index in [0.717, 1.165) is 0 Å². The number of hydrogen-bond acceptors (Lipinski definition) is 4. The van der Waals surface area contributed by atoms with Crippen molar-refractivity contribution in [3.8, 4) is 0 Å². The lowest BCUT2D eigenvalue weighted by Crippen LogP contribution is -2.61. The molecule has 6 nitrogen and oxygen atoms in total. The molecular formula is C4H8F4N2O4. The Morgan fingerprint density at radius 2 is 0.929 bits per heavy atom. The molecule has 0 amide bonds. The van der Waals surface area contributed by atoms with Crippen LogP contribution in [-0.4, -0.2) is 23.8 Å². The summed E-state index contributed by atoms with van der Waals surface area (Å²) in [5.41, 5.74) is 0. The number of carbonyl (C=O) groups excluding carboxylic acids is 2. The highest BCUT2D eigenvalue weighted by Crippen LogP contribution is 2.32. The molecule has 8 N–H and O–H groups in total. The third-order valence-corrected chi connectivity index (χ3v) is 0.907. The molecule has 0 spiro atoms. The van der Waals surface area contributed by atoms with E-state index in [2.05, 4.69) is 0 Å². The molecule has 0 saturated heterocycles. The molecule has 0 aromatic carbocycles. The summed E-state index contributed by atoms with van der Waals surface area (Å²) in [5, 5.41) is 18.7. The molecule has 0 unspecified atom stereocenters. The molecule has 0 aromatic rings. The van der Waals surface area contributed by atoms with E-state index in [0.29, 0.717) is 0 Å². The quantitative estimate of drug-likeness (QED) is 0.560. The van der Waals surface area contributed by atoms with Crippen LogP contribution in [0, 0.1) is 0 Å². The molecule has 10 heteroatoms. The number of hydrogen-bond donors (Lipinski definition) is 2. The normalized spacial score (nSPS) is 10.9. The molecular weight excluding hydrogens is 216 g/mol. The van der Waals surface area contributed by atoms with Crippen LogP contribution in [0.5, 0.6) is 0 Å². The first-order valence-electron chi connectivity index (χ1n) is 2.32. The van der Waals surface area contributed by atoms with Crippen LogP contribution in [0.25, 0.3) is 0 Å². The van der Waals surface area contributed by atoms with Crippen LogP contribution >= 0.6 is 0 Å². The zero-order valence-corrected chi connectivity index (χ0v) is 7.14. The van der Waals surface area contributed by atoms with Gasteiger partial charge in [-0.1, -0.05) is 0 Å². The standard InChI is InChI=1S/C4H2F4O4.2H3N/c5-3(6,1(9)10)4(7,8)2(11)12;;/h(H,9,10)(H,11,12);2*1H3. The van der Waals surface area contributed by atoms with Gasteiger partial charge in [-0.05, 0) is 0 Å². The first kappa shape index (κ1) is 18.4. The fourth-order valence-electron chi connectivity index (χ4n) is 0.256. The van der Waals surface area contributed by atoms with Crippen molar-refractivity contribution in [1.82, 2.24) is 12.3 Å². The maximum atomic E-state index is 11.7. The average Bonchev–Trinajstić information content (AvgIpc) is 1.86. The molecule has 0 aliphatic heterocycles. The second-order valence-electron chi connectivity index (χ2n) is 1.72. The Hall–Kier alpha value is -1.42. The molecule has 0 radical (unpaired) electrons. The van der Waals surface area contributed by atoms with Gasteiger partial charge >= 0.3 is 11.8 Å². The average molecular weight is 224 g/mol. The zero-order valence-electron chi connectivity index (χ0n) is 7.14. The highest BCUT2D eigenvalue weighted by Gasteiger charge is 2.58. The van der Waals surface area contributed by atoms with E-state index < -0.39 is 23.8 Å². The number of carboxylic acids is 2. The SMILES string of the molecule is O=C([O-])C(F)(F)C(F)(F)C(=O)[O-].[NH4+].[NH4+]. The minimum atomic E-state index is -5.77. The molecule has 0 rings (SSSR count). The summed E-state index contributed by atoms with van der Waals surface area (Å²) in [4.78, 5) is 18.7. The third kappa shape index (κ3) is 2.53. The van der Waals surface area contributed by atoms with Gasteiger partial charge in [-0.15, -0.1) is 0 Å². The van der Waals surface area contributed by atoms with Gasteiger partial charge in [0.25, 0.3) is 0 Å². The zero-order chi connectivity index (χ0) is 10.2. The largest absolute Gasteiger partial charge is 0.544 e. The molecule has 0 atom stereocenters. The van der Waals surface area contributed by atoms with Crippen molar-refractivity contribution >= 4 is 11.9 Å². The van der Waals surface area contributed by atoms with Gasteiger partial charge in [0.1, 0.15) is 11.9 Å². The maximum absolute atomic E-state index is 11.7. The van der Waals surface area contributed by atoms with E-state index in [1.54, 1.807) is 0 Å². The monoisotopic (exact) mass is 224 g/mol. The van der Waals surface area contributed by atoms with Crippen molar-refractivity contribution in [2.45, 2.75) is 11.8 Å². The van der Waals surface area contributed by atoms with E-state index in [-0.39, 0.29) is 12.3 Å². The van der Waals surface area contributed by atoms with E-state index >= 15 is 0 Å². The van der Waals surface area contributed by atoms with Gasteiger partial charge in [0.2, 0.25) is 0 Å². The van der Waals surface area contributed by atoms with Crippen LogP contribution in [0.1, 0.15) is 0 Å². The predicted octanol–water partition coefficient (Wildman–Crippen LogP) is -1.49. The van der Waals surface area contributed by atoms with Gasteiger partial charge in [0.15, 0.2) is 0 Å². The molecule has 0 aromatic heterocycles. The topological polar surface area (TPSA) is 153 Å². The van der Waals surface area contributed by atoms with Gasteiger partial charge in [0, 0.05) is 0 Å². The third-order valence-electron chi connectivity index (χ3n) is 0.907. The number of carboxylic acid groups (broad SMARTS) is 2. The van der Waals surface area contributed by atoms with Gasteiger partial charge < -0.3 is 32.1 Å². The number of carbonyl (C=O) groups is 2. The summed E-state index contributed by atoms with van der Waals surface area (Å²) in [6.07, 6.45) is 0. The molecule has 0 bridgehead atoms. The fourth-order valence-corrected chi connectivity index (χ4v) is 0.256. The lowest BCUT2D eigenvalue weighted by molar-refractivity contribution is -0.371. The van der Waals surface area contributed by atoms with Crippen molar-refractivity contribution < 1.29 is 37.4 Å². The second kappa shape index (κ2) is 4.72. The Kier molecular flexibility index (Phi) is 6.19. The molecule has 0 aliphatic rings. The summed E-state index contributed by atoms with van der Waals surface area (Å²) in [6, 6.07) is 0. The first-order valence-corrected chi connectivity index (χ1v) is 2.32. The summed E-state index contributed by atoms with van der Waals surface area (Å²) in [6.45, 7) is 0. The Labute approximate surface area is 74.7 Å². The second-order valence-corrected chi connectivity index (χ2v) is 1.72. The van der Waals surface area contributed by atoms with Crippen molar-refractivity contribution in [2.75, 3.05) is 0 Å². The number of halogens is 4. The number of rotatable bonds is 3. The maximum Gasteiger partial charge on any atom is 0.354 e. The number of aliphatic carboxylic acids is 2. The summed E-state index contributed by atoms with van der Waals surface area (Å²) in [7, 11) is 0. The van der Waals surface area contributed by atoms with Gasteiger partial charge in [-0.2, -0.15) is 17.6 Å². The van der Waals surface area contributed by atoms with Crippen LogP contribution in [-0.2, 0) is 9.59 Å². The summed E-state index contributed by atoms with van der Waals surface area (Å²) >= 11 is 0. The minimum absolute atomic E-state index is 0. The van der Waals surface area contributed by atoms with E-state index in [1.807, 2.05) is 0 Å². The lowest BCUT2D eigenvalue weighted by Gasteiger charge is -2.27. The molecule has 14 heavy (non-hydrogen) atoms. The highest BCUT2D eigenvalue weighted by atomic mass is 19.3. The predicted molar refractivity (Wildman–Crippen MR) is 31.9 cm³/mol. The van der Waals surface area contributed by atoms with Gasteiger partial charge in [-0.3, -0.25) is 0 Å². The number of alkyl halides is 4. The first-order chi connectivity index (χ1) is 5.14. The Morgan fingerprint density at radius 1 is 0.786 bits per heavy atom. The van der Waals surface area contributed by atoms with Crippen LogP contribution in [0.15, 0.2) is 0 Å². The summed E-state index contributed by atoms with van der Waals surface area (Å²) in [5.74, 6) is -18.5. The molecule has 0 saturated carbocycles. The van der Waals surface area contributed by atoms with Crippen LogP contribution in [0.2, 0.25) is 0 Å². The Bertz CT molecular complexity index is 207. The van der Waals surface area contributed by atoms with E-state index in [4.69, 9.17) is 0 Å². The molecule has 0 fully saturated rings. The van der Waals surface area contributed by atoms with Crippen LogP contribution < -0.4 is 22.5 Å². The smallest absolute Gasteiger partial charge is 0.354 e. The Morgan fingerprint density at radius 3 is 1.00 bits per heavy atom. The van der Waals surface area contributed by atoms with Gasteiger partial charge in [-0.25, -0.2) is 0 Å². The molecule has 0 heterocycles. The minimum Gasteiger partial charge on any atom is -0.544 e. The summed E-state index contributed by atoms with van der Waals surface area (Å²) < 4.78 is 47.0. The van der Waals surface area contributed by atoms with Crippen LogP contribution in [0.3, 0.4) is 0 Å². The van der Waals surface area contributed by atoms with Crippen molar-refractivity contribution in [2.24, 2.45) is 0 Å². The van der Waals surface area contributed by atoms with E-state index in [9.17, 15) is 37.4 Å². The van der Waals surface area contributed by atoms with Crippen molar-refractivity contribution in [1.29, 1.82) is 0 Å². The van der Waals surface area contributed by atoms with Crippen LogP contribution in [0.4, 0.5) is 17.6 Å². The molecule has 86 valence electrons. The Balaban J connectivity index is -0.000000605. The molecule has 0 aliphatic carbocycles. The highest BCUT2D eigenvalue weighted by molar-refractivity contribution is 5.86.